The Morgan fingerprint density at radius 3 is 2.68 bits per heavy atom. The molecule has 106 valence electrons. The van der Waals surface area contributed by atoms with Crippen LogP contribution in [0.15, 0.2) is 12.1 Å². The fourth-order valence-electron chi connectivity index (χ4n) is 2.47. The lowest BCUT2D eigenvalue weighted by molar-refractivity contribution is 0.602. The minimum Gasteiger partial charge on any atom is -0.357 e. The Bertz CT molecular complexity index is 412. The van der Waals surface area contributed by atoms with E-state index in [1.165, 1.54) is 24.1 Å². The first-order chi connectivity index (χ1) is 9.15. The van der Waals surface area contributed by atoms with Gasteiger partial charge in [-0.3, -0.25) is 0 Å². The largest absolute Gasteiger partial charge is 0.357 e. The van der Waals surface area contributed by atoms with Crippen LogP contribution in [-0.2, 0) is 13.0 Å². The highest BCUT2D eigenvalue weighted by Gasteiger charge is 2.31. The van der Waals surface area contributed by atoms with Gasteiger partial charge >= 0.3 is 0 Å². The molecular formula is C16H27N3. The number of nitrogens with one attached hydrogen (secondary N) is 1. The van der Waals surface area contributed by atoms with Crippen LogP contribution in [0.5, 0.6) is 0 Å². The molecule has 1 heterocycles. The molecule has 1 aromatic heterocycles. The monoisotopic (exact) mass is 261 g/mol. The number of aryl methyl sites for hydroxylation is 1. The lowest BCUT2D eigenvalue weighted by Gasteiger charge is -2.27. The van der Waals surface area contributed by atoms with Gasteiger partial charge in [-0.2, -0.15) is 0 Å². The summed E-state index contributed by atoms with van der Waals surface area (Å²) in [6.45, 7) is 8.58. The molecule has 3 nitrogen and oxygen atoms in total. The van der Waals surface area contributed by atoms with E-state index < -0.39 is 0 Å². The fourth-order valence-corrected chi connectivity index (χ4v) is 2.47. The van der Waals surface area contributed by atoms with Gasteiger partial charge in [0.1, 0.15) is 5.82 Å². The molecule has 19 heavy (non-hydrogen) atoms. The van der Waals surface area contributed by atoms with Gasteiger partial charge in [0.2, 0.25) is 0 Å². The van der Waals surface area contributed by atoms with Crippen LogP contribution in [0.3, 0.4) is 0 Å². The van der Waals surface area contributed by atoms with Gasteiger partial charge in [-0.25, -0.2) is 4.98 Å². The highest BCUT2D eigenvalue weighted by Crippen LogP contribution is 2.36. The van der Waals surface area contributed by atoms with Crippen molar-refractivity contribution < 1.29 is 0 Å². The lowest BCUT2D eigenvalue weighted by atomic mass is 10.1. The fraction of sp³-hybridized carbons (Fsp3) is 0.688. The molecule has 0 spiro atoms. The van der Waals surface area contributed by atoms with Crippen LogP contribution < -0.4 is 10.2 Å². The average molecular weight is 261 g/mol. The van der Waals surface area contributed by atoms with Gasteiger partial charge in [-0.05, 0) is 56.3 Å². The second kappa shape index (κ2) is 6.38. The number of rotatable bonds is 7. The third-order valence-corrected chi connectivity index (χ3v) is 4.14. The normalized spacial score (nSPS) is 16.4. The second-order valence-electron chi connectivity index (χ2n) is 5.65. The van der Waals surface area contributed by atoms with Crippen molar-refractivity contribution in [2.24, 2.45) is 5.92 Å². The van der Waals surface area contributed by atoms with E-state index in [9.17, 15) is 0 Å². The minimum absolute atomic E-state index is 0.603. The van der Waals surface area contributed by atoms with Crippen molar-refractivity contribution in [3.63, 3.8) is 0 Å². The maximum Gasteiger partial charge on any atom is 0.129 e. The zero-order chi connectivity index (χ0) is 13.8. The van der Waals surface area contributed by atoms with Crippen LogP contribution in [-0.4, -0.2) is 24.6 Å². The summed E-state index contributed by atoms with van der Waals surface area (Å²) in [5.41, 5.74) is 2.54. The SMILES string of the molecule is CCNCc1cc(CC)nc(N(C)C(C)C2CC2)c1. The molecule has 0 aromatic carbocycles. The Hall–Kier alpha value is -1.09. The molecule has 1 aliphatic carbocycles. The molecule has 0 bridgehead atoms. The lowest BCUT2D eigenvalue weighted by Crippen LogP contribution is -2.31. The molecule has 1 aliphatic rings. The molecule has 0 amide bonds. The quantitative estimate of drug-likeness (QED) is 0.818. The molecule has 1 N–H and O–H groups in total. The zero-order valence-electron chi connectivity index (χ0n) is 12.7. The maximum absolute atomic E-state index is 4.79. The Morgan fingerprint density at radius 2 is 2.11 bits per heavy atom. The number of hydrogen-bond donors (Lipinski definition) is 1. The summed E-state index contributed by atoms with van der Waals surface area (Å²) in [6.07, 6.45) is 3.76. The van der Waals surface area contributed by atoms with Crippen molar-refractivity contribution in [1.82, 2.24) is 10.3 Å². The van der Waals surface area contributed by atoms with Gasteiger partial charge in [-0.1, -0.05) is 13.8 Å². The highest BCUT2D eigenvalue weighted by molar-refractivity contribution is 5.43. The van der Waals surface area contributed by atoms with E-state index in [1.54, 1.807) is 0 Å². The Balaban J connectivity index is 2.17. The smallest absolute Gasteiger partial charge is 0.129 e. The van der Waals surface area contributed by atoms with E-state index in [2.05, 4.69) is 50.2 Å². The summed E-state index contributed by atoms with van der Waals surface area (Å²) in [4.78, 5) is 7.14. The third kappa shape index (κ3) is 3.69. The molecule has 2 rings (SSSR count). The number of hydrogen-bond acceptors (Lipinski definition) is 3. The molecule has 1 fully saturated rings. The molecule has 1 atom stereocenters. The summed E-state index contributed by atoms with van der Waals surface area (Å²) in [6, 6.07) is 5.06. The minimum atomic E-state index is 0.603. The topological polar surface area (TPSA) is 28.2 Å². The van der Waals surface area contributed by atoms with Gasteiger partial charge in [0.25, 0.3) is 0 Å². The van der Waals surface area contributed by atoms with E-state index in [4.69, 9.17) is 4.98 Å². The van der Waals surface area contributed by atoms with Gasteiger partial charge in [0.15, 0.2) is 0 Å². The summed E-state index contributed by atoms with van der Waals surface area (Å²) in [5, 5.41) is 3.40. The summed E-state index contributed by atoms with van der Waals surface area (Å²) >= 11 is 0. The van der Waals surface area contributed by atoms with Crippen LogP contribution in [0, 0.1) is 5.92 Å². The predicted octanol–water partition coefficient (Wildman–Crippen LogP) is 2.99. The molecular weight excluding hydrogens is 234 g/mol. The Kier molecular flexibility index (Phi) is 4.81. The number of anilines is 1. The predicted molar refractivity (Wildman–Crippen MR) is 81.6 cm³/mol. The number of pyridine rings is 1. The average Bonchev–Trinajstić information content (AvgIpc) is 3.27. The zero-order valence-corrected chi connectivity index (χ0v) is 12.7. The first kappa shape index (κ1) is 14.3. The molecule has 0 saturated heterocycles. The van der Waals surface area contributed by atoms with Crippen molar-refractivity contribution in [2.75, 3.05) is 18.5 Å². The standard InChI is InChI=1S/C16H27N3/c1-5-15-9-13(11-17-6-2)10-16(18-15)19(4)12(3)14-7-8-14/h9-10,12,14,17H,5-8,11H2,1-4H3. The Labute approximate surface area is 117 Å². The van der Waals surface area contributed by atoms with Crippen LogP contribution in [0.1, 0.15) is 44.9 Å². The first-order valence-corrected chi connectivity index (χ1v) is 7.59. The third-order valence-electron chi connectivity index (χ3n) is 4.14. The molecule has 0 aliphatic heterocycles. The van der Waals surface area contributed by atoms with E-state index in [-0.39, 0.29) is 0 Å². The summed E-state index contributed by atoms with van der Waals surface area (Å²) in [5.74, 6) is 2.00. The van der Waals surface area contributed by atoms with Crippen molar-refractivity contribution in [2.45, 2.75) is 52.6 Å². The van der Waals surface area contributed by atoms with Crippen LogP contribution in [0.4, 0.5) is 5.82 Å². The maximum atomic E-state index is 4.79. The van der Waals surface area contributed by atoms with E-state index in [0.29, 0.717) is 6.04 Å². The molecule has 1 aromatic rings. The van der Waals surface area contributed by atoms with E-state index in [0.717, 1.165) is 31.2 Å². The molecule has 3 heteroatoms. The first-order valence-electron chi connectivity index (χ1n) is 7.59. The molecule has 1 unspecified atom stereocenters. The number of aromatic nitrogens is 1. The molecule has 0 radical (unpaired) electrons. The van der Waals surface area contributed by atoms with Gasteiger partial charge in [0.05, 0.1) is 0 Å². The van der Waals surface area contributed by atoms with Crippen LogP contribution in [0.25, 0.3) is 0 Å². The Morgan fingerprint density at radius 1 is 1.37 bits per heavy atom. The van der Waals surface area contributed by atoms with Crippen LogP contribution in [0.2, 0.25) is 0 Å². The van der Waals surface area contributed by atoms with Crippen LogP contribution >= 0.6 is 0 Å². The van der Waals surface area contributed by atoms with Crippen molar-refractivity contribution in [1.29, 1.82) is 0 Å². The van der Waals surface area contributed by atoms with E-state index >= 15 is 0 Å². The van der Waals surface area contributed by atoms with Gasteiger partial charge in [0, 0.05) is 25.3 Å². The van der Waals surface area contributed by atoms with Crippen molar-refractivity contribution >= 4 is 5.82 Å². The van der Waals surface area contributed by atoms with E-state index in [1.807, 2.05) is 0 Å². The number of nitrogens with zero attached hydrogens (tertiary/aromatic N) is 2. The summed E-state index contributed by atoms with van der Waals surface area (Å²) < 4.78 is 0. The van der Waals surface area contributed by atoms with Gasteiger partial charge < -0.3 is 10.2 Å². The highest BCUT2D eigenvalue weighted by atomic mass is 15.2. The van der Waals surface area contributed by atoms with Crippen molar-refractivity contribution in [3.05, 3.63) is 23.4 Å². The molecule has 1 saturated carbocycles. The summed E-state index contributed by atoms with van der Waals surface area (Å²) in [7, 11) is 2.18. The van der Waals surface area contributed by atoms with Gasteiger partial charge in [-0.15, -0.1) is 0 Å². The second-order valence-corrected chi connectivity index (χ2v) is 5.65. The van der Waals surface area contributed by atoms with Crippen molar-refractivity contribution in [3.8, 4) is 0 Å².